The number of hydrogen-bond donors (Lipinski definition) is 2. The highest BCUT2D eigenvalue weighted by atomic mass is 16.3. The van der Waals surface area contributed by atoms with E-state index in [9.17, 15) is 9.59 Å². The maximum atomic E-state index is 12.3. The van der Waals surface area contributed by atoms with Crippen LogP contribution in [0.1, 0.15) is 58.8 Å². The summed E-state index contributed by atoms with van der Waals surface area (Å²) < 4.78 is 5.17. The summed E-state index contributed by atoms with van der Waals surface area (Å²) in [5, 5.41) is 5.60. The quantitative estimate of drug-likeness (QED) is 0.749. The molecule has 1 aliphatic carbocycles. The van der Waals surface area contributed by atoms with Gasteiger partial charge >= 0.3 is 0 Å². The number of carbonyl (C=O) groups is 2. The van der Waals surface area contributed by atoms with Gasteiger partial charge in [-0.15, -0.1) is 0 Å². The summed E-state index contributed by atoms with van der Waals surface area (Å²) in [5.41, 5.74) is 1.86. The lowest BCUT2D eigenvalue weighted by Crippen LogP contribution is -2.28. The van der Waals surface area contributed by atoms with Crippen LogP contribution >= 0.6 is 0 Å². The molecular formula is C20H23N3O3. The SMILES string of the molecule is O=C(NCCC1=CCCCC1)c1cccc(C(=O)NCc2ccco2)n1. The van der Waals surface area contributed by atoms with Crippen LogP contribution in [0.4, 0.5) is 0 Å². The molecule has 2 N–H and O–H groups in total. The molecule has 6 nitrogen and oxygen atoms in total. The Balaban J connectivity index is 1.51. The van der Waals surface area contributed by atoms with E-state index in [0.29, 0.717) is 12.3 Å². The van der Waals surface area contributed by atoms with E-state index < -0.39 is 0 Å². The molecule has 136 valence electrons. The molecule has 0 aromatic carbocycles. The molecule has 0 bridgehead atoms. The van der Waals surface area contributed by atoms with Crippen LogP contribution in [0.15, 0.2) is 52.7 Å². The first-order valence-corrected chi connectivity index (χ1v) is 8.96. The van der Waals surface area contributed by atoms with Crippen LogP contribution < -0.4 is 10.6 Å². The molecule has 0 aliphatic heterocycles. The number of amides is 2. The van der Waals surface area contributed by atoms with Gasteiger partial charge in [-0.1, -0.05) is 17.7 Å². The van der Waals surface area contributed by atoms with Crippen LogP contribution in [0.5, 0.6) is 0 Å². The van der Waals surface area contributed by atoms with E-state index in [1.807, 2.05) is 0 Å². The summed E-state index contributed by atoms with van der Waals surface area (Å²) >= 11 is 0. The highest BCUT2D eigenvalue weighted by molar-refractivity contribution is 5.96. The second-order valence-corrected chi connectivity index (χ2v) is 6.28. The third kappa shape index (κ3) is 5.05. The standard InChI is InChI=1S/C20H23N3O3/c24-19(21-12-11-15-6-2-1-3-7-15)17-9-4-10-18(23-17)20(25)22-14-16-8-5-13-26-16/h4-6,8-10,13H,1-3,7,11-12,14H2,(H,21,24)(H,22,25). The van der Waals surface area contributed by atoms with E-state index in [1.165, 1.54) is 18.4 Å². The molecule has 2 amide bonds. The molecular weight excluding hydrogens is 330 g/mol. The van der Waals surface area contributed by atoms with Crippen LogP contribution in [0.2, 0.25) is 0 Å². The van der Waals surface area contributed by atoms with Gasteiger partial charge in [0.2, 0.25) is 0 Å². The van der Waals surface area contributed by atoms with Gasteiger partial charge in [0.25, 0.3) is 11.8 Å². The highest BCUT2D eigenvalue weighted by Crippen LogP contribution is 2.19. The number of allylic oxidation sites excluding steroid dienone is 1. The minimum atomic E-state index is -0.344. The number of rotatable bonds is 7. The van der Waals surface area contributed by atoms with Crippen LogP contribution in [-0.2, 0) is 6.54 Å². The first kappa shape index (κ1) is 17.9. The maximum absolute atomic E-state index is 12.3. The highest BCUT2D eigenvalue weighted by Gasteiger charge is 2.13. The topological polar surface area (TPSA) is 84.2 Å². The van der Waals surface area contributed by atoms with Gasteiger partial charge in [-0.2, -0.15) is 0 Å². The van der Waals surface area contributed by atoms with E-state index in [1.54, 1.807) is 36.6 Å². The van der Waals surface area contributed by atoms with Crippen LogP contribution in [0.25, 0.3) is 0 Å². The molecule has 0 unspecified atom stereocenters. The molecule has 0 fully saturated rings. The first-order chi connectivity index (χ1) is 12.7. The number of pyridine rings is 1. The number of furan rings is 1. The van der Waals surface area contributed by atoms with Crippen LogP contribution in [0, 0.1) is 0 Å². The predicted octanol–water partition coefficient (Wildman–Crippen LogP) is 3.22. The third-order valence-electron chi connectivity index (χ3n) is 4.33. The van der Waals surface area contributed by atoms with Gasteiger partial charge in [-0.25, -0.2) is 4.98 Å². The summed E-state index contributed by atoms with van der Waals surface area (Å²) in [6.07, 6.45) is 9.45. The smallest absolute Gasteiger partial charge is 0.270 e. The van der Waals surface area contributed by atoms with Crippen molar-refractivity contribution in [2.75, 3.05) is 6.54 Å². The van der Waals surface area contributed by atoms with E-state index in [0.717, 1.165) is 19.3 Å². The summed E-state index contributed by atoms with van der Waals surface area (Å²) in [5.74, 6) is 0.0507. The predicted molar refractivity (Wildman–Crippen MR) is 97.6 cm³/mol. The van der Waals surface area contributed by atoms with Crippen molar-refractivity contribution < 1.29 is 14.0 Å². The van der Waals surface area contributed by atoms with Gasteiger partial charge in [-0.3, -0.25) is 9.59 Å². The summed E-state index contributed by atoms with van der Waals surface area (Å²) in [7, 11) is 0. The normalized spacial score (nSPS) is 13.8. The van der Waals surface area contributed by atoms with Crippen molar-refractivity contribution in [3.8, 4) is 0 Å². The van der Waals surface area contributed by atoms with Gasteiger partial charge in [-0.05, 0) is 56.4 Å². The van der Waals surface area contributed by atoms with E-state index in [2.05, 4.69) is 21.7 Å². The zero-order chi connectivity index (χ0) is 18.2. The second-order valence-electron chi connectivity index (χ2n) is 6.28. The average Bonchev–Trinajstić information content (AvgIpc) is 3.20. The molecule has 2 aromatic rings. The van der Waals surface area contributed by atoms with Crippen molar-refractivity contribution in [3.63, 3.8) is 0 Å². The lowest BCUT2D eigenvalue weighted by atomic mass is 9.97. The molecule has 1 aliphatic rings. The van der Waals surface area contributed by atoms with Crippen molar-refractivity contribution in [3.05, 3.63) is 65.4 Å². The first-order valence-electron chi connectivity index (χ1n) is 8.96. The number of nitrogens with one attached hydrogen (secondary N) is 2. The third-order valence-corrected chi connectivity index (χ3v) is 4.33. The fourth-order valence-electron chi connectivity index (χ4n) is 2.92. The van der Waals surface area contributed by atoms with Gasteiger partial charge in [0.05, 0.1) is 12.8 Å². The maximum Gasteiger partial charge on any atom is 0.270 e. The fourth-order valence-corrected chi connectivity index (χ4v) is 2.92. The molecule has 6 heteroatoms. The Hall–Kier alpha value is -2.89. The monoisotopic (exact) mass is 353 g/mol. The lowest BCUT2D eigenvalue weighted by molar-refractivity contribution is 0.0940. The molecule has 0 radical (unpaired) electrons. The zero-order valence-electron chi connectivity index (χ0n) is 14.7. The number of aromatic nitrogens is 1. The Labute approximate surface area is 152 Å². The van der Waals surface area contributed by atoms with Crippen molar-refractivity contribution in [2.45, 2.75) is 38.6 Å². The molecule has 0 saturated carbocycles. The minimum Gasteiger partial charge on any atom is -0.467 e. The van der Waals surface area contributed by atoms with Gasteiger partial charge in [0.1, 0.15) is 17.1 Å². The molecule has 0 atom stereocenters. The van der Waals surface area contributed by atoms with Gasteiger partial charge in [0, 0.05) is 6.54 Å². The molecule has 3 rings (SSSR count). The zero-order valence-corrected chi connectivity index (χ0v) is 14.7. The van der Waals surface area contributed by atoms with E-state index in [4.69, 9.17) is 4.42 Å². The summed E-state index contributed by atoms with van der Waals surface area (Å²) in [6, 6.07) is 8.39. The average molecular weight is 353 g/mol. The number of nitrogens with zero attached hydrogens (tertiary/aromatic N) is 1. The van der Waals surface area contributed by atoms with E-state index >= 15 is 0 Å². The largest absolute Gasteiger partial charge is 0.467 e. The number of hydrogen-bond acceptors (Lipinski definition) is 4. The van der Waals surface area contributed by atoms with Gasteiger partial charge < -0.3 is 15.1 Å². The van der Waals surface area contributed by atoms with E-state index in [-0.39, 0.29) is 29.7 Å². The minimum absolute atomic E-state index is 0.208. The molecule has 26 heavy (non-hydrogen) atoms. The lowest BCUT2D eigenvalue weighted by Gasteiger charge is -2.13. The Morgan fingerprint density at radius 1 is 1.04 bits per heavy atom. The molecule has 0 spiro atoms. The van der Waals surface area contributed by atoms with Crippen molar-refractivity contribution in [1.82, 2.24) is 15.6 Å². The Kier molecular flexibility index (Phi) is 6.19. The second kappa shape index (κ2) is 8.99. The van der Waals surface area contributed by atoms with Crippen LogP contribution in [0.3, 0.4) is 0 Å². The van der Waals surface area contributed by atoms with Crippen molar-refractivity contribution in [2.24, 2.45) is 0 Å². The fraction of sp³-hybridized carbons (Fsp3) is 0.350. The Morgan fingerprint density at radius 2 is 1.85 bits per heavy atom. The molecule has 0 saturated heterocycles. The van der Waals surface area contributed by atoms with Gasteiger partial charge in [0.15, 0.2) is 0 Å². The van der Waals surface area contributed by atoms with Crippen molar-refractivity contribution >= 4 is 11.8 Å². The summed E-state index contributed by atoms with van der Waals surface area (Å²) in [6.45, 7) is 0.861. The summed E-state index contributed by atoms with van der Waals surface area (Å²) in [4.78, 5) is 28.6. The van der Waals surface area contributed by atoms with Crippen molar-refractivity contribution in [1.29, 1.82) is 0 Å². The molecule has 2 heterocycles. The van der Waals surface area contributed by atoms with Crippen LogP contribution in [-0.4, -0.2) is 23.3 Å². The number of carbonyl (C=O) groups excluding carboxylic acids is 2. The Morgan fingerprint density at radius 3 is 2.54 bits per heavy atom. The molecule has 2 aromatic heterocycles. The Bertz CT molecular complexity index is 781.